The zero-order chi connectivity index (χ0) is 23.7. The van der Waals surface area contributed by atoms with Crippen molar-refractivity contribution in [1.82, 2.24) is 10.6 Å². The molecule has 0 aromatic heterocycles. The van der Waals surface area contributed by atoms with E-state index in [9.17, 15) is 19.5 Å². The number of benzene rings is 2. The number of ether oxygens (including phenoxy) is 2. The molecule has 8 nitrogen and oxygen atoms in total. The normalized spacial score (nSPS) is 25.4. The van der Waals surface area contributed by atoms with Gasteiger partial charge in [0.25, 0.3) is 5.91 Å². The molecule has 0 radical (unpaired) electrons. The molecule has 5 rings (SSSR count). The number of aliphatic carboxylic acids is 1. The molecule has 2 aromatic carbocycles. The minimum Gasteiger partial charge on any atom is -0.481 e. The lowest BCUT2D eigenvalue weighted by atomic mass is 9.98. The van der Waals surface area contributed by atoms with Crippen LogP contribution in [-0.2, 0) is 19.1 Å². The Labute approximate surface area is 197 Å². The van der Waals surface area contributed by atoms with Gasteiger partial charge in [0.05, 0.1) is 12.0 Å². The molecule has 2 aromatic rings. The van der Waals surface area contributed by atoms with E-state index in [1.165, 1.54) is 0 Å². The summed E-state index contributed by atoms with van der Waals surface area (Å²) in [4.78, 5) is 36.8. The highest BCUT2D eigenvalue weighted by Crippen LogP contribution is 2.44. The van der Waals surface area contributed by atoms with Crippen LogP contribution < -0.4 is 10.6 Å². The topological polar surface area (TPSA) is 114 Å². The van der Waals surface area contributed by atoms with Crippen LogP contribution in [-0.4, -0.2) is 54.5 Å². The van der Waals surface area contributed by atoms with E-state index in [4.69, 9.17) is 9.47 Å². The molecule has 2 fully saturated rings. The zero-order valence-electron chi connectivity index (χ0n) is 18.7. The SMILES string of the molecule is O=C(N[C@H]1CCO[C@H]1C(=O)NC1CCCC1C(=O)O)OCC1c2ccccc2-c2ccccc21. The fourth-order valence-electron chi connectivity index (χ4n) is 5.48. The number of nitrogens with one attached hydrogen (secondary N) is 2. The number of carbonyl (C=O) groups is 3. The van der Waals surface area contributed by atoms with Crippen molar-refractivity contribution in [2.24, 2.45) is 5.92 Å². The summed E-state index contributed by atoms with van der Waals surface area (Å²) in [6.07, 6.45) is 0.951. The molecule has 1 saturated heterocycles. The summed E-state index contributed by atoms with van der Waals surface area (Å²) in [6, 6.07) is 15.3. The Kier molecular flexibility index (Phi) is 6.24. The Morgan fingerprint density at radius 3 is 2.26 bits per heavy atom. The lowest BCUT2D eigenvalue weighted by molar-refractivity contribution is -0.142. The van der Waals surface area contributed by atoms with Crippen LogP contribution in [0.3, 0.4) is 0 Å². The first-order valence-electron chi connectivity index (χ1n) is 11.8. The molecular formula is C26H28N2O6. The van der Waals surface area contributed by atoms with Crippen molar-refractivity contribution in [3.05, 3.63) is 59.7 Å². The van der Waals surface area contributed by atoms with Gasteiger partial charge in [-0.3, -0.25) is 9.59 Å². The molecule has 8 heteroatoms. The van der Waals surface area contributed by atoms with Crippen molar-refractivity contribution < 1.29 is 29.0 Å². The van der Waals surface area contributed by atoms with Gasteiger partial charge in [0.15, 0.2) is 6.10 Å². The molecule has 34 heavy (non-hydrogen) atoms. The highest BCUT2D eigenvalue weighted by atomic mass is 16.6. The van der Waals surface area contributed by atoms with Crippen molar-refractivity contribution in [3.8, 4) is 11.1 Å². The molecule has 2 aliphatic carbocycles. The monoisotopic (exact) mass is 464 g/mol. The molecule has 1 aliphatic heterocycles. The van der Waals surface area contributed by atoms with Gasteiger partial charge in [0.2, 0.25) is 0 Å². The fourth-order valence-corrected chi connectivity index (χ4v) is 5.48. The lowest BCUT2D eigenvalue weighted by Gasteiger charge is -2.23. The maximum absolute atomic E-state index is 12.8. The Hall–Kier alpha value is -3.39. The van der Waals surface area contributed by atoms with Crippen molar-refractivity contribution in [1.29, 1.82) is 0 Å². The number of hydrogen-bond acceptors (Lipinski definition) is 5. The molecule has 1 heterocycles. The number of carbonyl (C=O) groups excluding carboxylic acids is 2. The summed E-state index contributed by atoms with van der Waals surface area (Å²) in [5, 5.41) is 14.9. The highest BCUT2D eigenvalue weighted by Gasteiger charge is 2.40. The number of alkyl carbamates (subject to hydrolysis) is 1. The smallest absolute Gasteiger partial charge is 0.407 e. The number of carboxylic acids is 1. The van der Waals surface area contributed by atoms with Gasteiger partial charge < -0.3 is 25.2 Å². The summed E-state index contributed by atoms with van der Waals surface area (Å²) < 4.78 is 11.2. The second-order valence-corrected chi connectivity index (χ2v) is 9.15. The Bertz CT molecular complexity index is 1060. The molecular weight excluding hydrogens is 436 g/mol. The summed E-state index contributed by atoms with van der Waals surface area (Å²) in [5.41, 5.74) is 4.56. The number of amides is 2. The first-order chi connectivity index (χ1) is 16.5. The van der Waals surface area contributed by atoms with Gasteiger partial charge in [-0.15, -0.1) is 0 Å². The van der Waals surface area contributed by atoms with Gasteiger partial charge in [0, 0.05) is 18.6 Å². The van der Waals surface area contributed by atoms with Gasteiger partial charge in [-0.2, -0.15) is 0 Å². The van der Waals surface area contributed by atoms with E-state index in [-0.39, 0.29) is 18.4 Å². The third kappa shape index (κ3) is 4.25. The second kappa shape index (κ2) is 9.46. The van der Waals surface area contributed by atoms with Gasteiger partial charge in [-0.1, -0.05) is 55.0 Å². The Morgan fingerprint density at radius 1 is 0.912 bits per heavy atom. The molecule has 4 atom stereocenters. The minimum absolute atomic E-state index is 0.0487. The van der Waals surface area contributed by atoms with Crippen LogP contribution in [0.15, 0.2) is 48.5 Å². The minimum atomic E-state index is -0.900. The summed E-state index contributed by atoms with van der Waals surface area (Å²) in [5.74, 6) is -1.92. The third-order valence-electron chi connectivity index (χ3n) is 7.16. The van der Waals surface area contributed by atoms with E-state index in [0.29, 0.717) is 25.9 Å². The molecule has 1 saturated carbocycles. The number of rotatable bonds is 6. The fraction of sp³-hybridized carbons (Fsp3) is 0.423. The van der Waals surface area contributed by atoms with E-state index < -0.39 is 36.2 Å². The van der Waals surface area contributed by atoms with Crippen LogP contribution in [0.1, 0.15) is 42.7 Å². The second-order valence-electron chi connectivity index (χ2n) is 9.15. The van der Waals surface area contributed by atoms with Gasteiger partial charge in [-0.05, 0) is 41.5 Å². The first kappa shape index (κ1) is 22.4. The summed E-state index contributed by atoms with van der Waals surface area (Å²) in [6.45, 7) is 0.520. The summed E-state index contributed by atoms with van der Waals surface area (Å²) in [7, 11) is 0. The molecule has 0 spiro atoms. The Balaban J connectivity index is 1.19. The van der Waals surface area contributed by atoms with Crippen molar-refractivity contribution >= 4 is 18.0 Å². The third-order valence-corrected chi connectivity index (χ3v) is 7.16. The number of fused-ring (bicyclic) bond motifs is 3. The van der Waals surface area contributed by atoms with Crippen LogP contribution in [0.4, 0.5) is 4.79 Å². The van der Waals surface area contributed by atoms with E-state index in [1.54, 1.807) is 0 Å². The highest BCUT2D eigenvalue weighted by molar-refractivity contribution is 5.84. The maximum atomic E-state index is 12.8. The van der Waals surface area contributed by atoms with Crippen LogP contribution >= 0.6 is 0 Å². The summed E-state index contributed by atoms with van der Waals surface area (Å²) >= 11 is 0. The number of carboxylic acid groups (broad SMARTS) is 1. The molecule has 0 bridgehead atoms. The van der Waals surface area contributed by atoms with Crippen LogP contribution in [0.25, 0.3) is 11.1 Å². The average Bonchev–Trinajstić information content (AvgIpc) is 3.55. The van der Waals surface area contributed by atoms with Gasteiger partial charge in [0.1, 0.15) is 6.61 Å². The molecule has 2 amide bonds. The molecule has 3 aliphatic rings. The lowest BCUT2D eigenvalue weighted by Crippen LogP contribution is -2.51. The van der Waals surface area contributed by atoms with E-state index in [1.807, 2.05) is 24.3 Å². The van der Waals surface area contributed by atoms with Gasteiger partial charge >= 0.3 is 12.1 Å². The molecule has 178 valence electrons. The van der Waals surface area contributed by atoms with E-state index in [2.05, 4.69) is 34.9 Å². The van der Waals surface area contributed by atoms with Crippen molar-refractivity contribution in [2.75, 3.05) is 13.2 Å². The van der Waals surface area contributed by atoms with E-state index in [0.717, 1.165) is 28.7 Å². The molecule has 2 unspecified atom stereocenters. The van der Waals surface area contributed by atoms with Crippen molar-refractivity contribution in [3.63, 3.8) is 0 Å². The van der Waals surface area contributed by atoms with E-state index >= 15 is 0 Å². The quantitative estimate of drug-likeness (QED) is 0.606. The average molecular weight is 465 g/mol. The van der Waals surface area contributed by atoms with Crippen LogP contribution in [0, 0.1) is 5.92 Å². The predicted octanol–water partition coefficient (Wildman–Crippen LogP) is 3.05. The van der Waals surface area contributed by atoms with Crippen molar-refractivity contribution in [2.45, 2.75) is 49.8 Å². The zero-order valence-corrected chi connectivity index (χ0v) is 18.7. The predicted molar refractivity (Wildman–Crippen MR) is 123 cm³/mol. The number of hydrogen-bond donors (Lipinski definition) is 3. The Morgan fingerprint density at radius 2 is 1.59 bits per heavy atom. The van der Waals surface area contributed by atoms with Crippen LogP contribution in [0.5, 0.6) is 0 Å². The first-order valence-corrected chi connectivity index (χ1v) is 11.8. The largest absolute Gasteiger partial charge is 0.481 e. The van der Waals surface area contributed by atoms with Gasteiger partial charge in [-0.25, -0.2) is 4.79 Å². The molecule has 3 N–H and O–H groups in total. The van der Waals surface area contributed by atoms with Crippen LogP contribution in [0.2, 0.25) is 0 Å². The standard InChI is InChI=1S/C26H28N2O6/c29-24(27-21-11-5-10-19(21)25(30)31)23-22(12-13-33-23)28-26(32)34-14-20-17-8-3-1-6-15(17)16-7-2-4-9-18(16)20/h1-4,6-9,19-23H,5,10-14H2,(H,27,29)(H,28,32)(H,30,31)/t19?,21?,22-,23+/m0/s1. The maximum Gasteiger partial charge on any atom is 0.407 e.